The third-order valence-corrected chi connectivity index (χ3v) is 4.34. The number of carboxylic acids is 1. The van der Waals surface area contributed by atoms with Crippen LogP contribution in [0.3, 0.4) is 0 Å². The van der Waals surface area contributed by atoms with Gasteiger partial charge in [0.05, 0.1) is 21.9 Å². The molecule has 1 amide bonds. The molecule has 0 aliphatic rings. The highest BCUT2D eigenvalue weighted by molar-refractivity contribution is 6.42. The minimum Gasteiger partial charge on any atom is -0.479 e. The molecule has 1 heterocycles. The molecule has 1 unspecified atom stereocenters. The molecule has 0 aliphatic heterocycles. The number of carbonyl (C=O) groups excluding carboxylic acids is 1. The summed E-state index contributed by atoms with van der Waals surface area (Å²) in [5.74, 6) is -1.26. The molecule has 23 heavy (non-hydrogen) atoms. The molecule has 1 aromatic carbocycles. The maximum atomic E-state index is 12.4. The number of aryl methyl sites for hydroxylation is 1. The summed E-state index contributed by atoms with van der Waals surface area (Å²) in [6.45, 7) is 3.23. The van der Waals surface area contributed by atoms with Crippen molar-refractivity contribution in [3.63, 3.8) is 0 Å². The Hall–Kier alpha value is -1.98. The zero-order valence-corrected chi connectivity index (χ0v) is 14.0. The lowest BCUT2D eigenvalue weighted by atomic mass is 9.91. The van der Waals surface area contributed by atoms with E-state index in [0.29, 0.717) is 28.3 Å². The molecule has 1 atom stereocenters. The summed E-state index contributed by atoms with van der Waals surface area (Å²) in [7, 11) is 0. The van der Waals surface area contributed by atoms with Crippen LogP contribution in [0.5, 0.6) is 0 Å². The zero-order chi connectivity index (χ0) is 17.2. The molecule has 0 radical (unpaired) electrons. The number of carbonyl (C=O) groups is 2. The van der Waals surface area contributed by atoms with Crippen molar-refractivity contribution in [1.82, 2.24) is 5.32 Å². The van der Waals surface area contributed by atoms with Gasteiger partial charge in [-0.05, 0) is 30.7 Å². The molecule has 2 rings (SSSR count). The van der Waals surface area contributed by atoms with E-state index < -0.39 is 17.4 Å². The smallest absolute Gasteiger partial charge is 0.333 e. The summed E-state index contributed by atoms with van der Waals surface area (Å²) < 4.78 is 5.20. The van der Waals surface area contributed by atoms with Gasteiger partial charge >= 0.3 is 5.97 Å². The monoisotopic (exact) mass is 355 g/mol. The van der Waals surface area contributed by atoms with Crippen molar-refractivity contribution in [2.75, 3.05) is 0 Å². The number of benzene rings is 1. The molecule has 2 N–H and O–H groups in total. The molecular weight excluding hydrogens is 341 g/mol. The molecule has 0 spiro atoms. The molecule has 7 heteroatoms. The first-order valence-corrected chi connectivity index (χ1v) is 7.63. The first-order chi connectivity index (χ1) is 10.8. The van der Waals surface area contributed by atoms with Gasteiger partial charge in [0, 0.05) is 6.42 Å². The summed E-state index contributed by atoms with van der Waals surface area (Å²) >= 11 is 11.8. The summed E-state index contributed by atoms with van der Waals surface area (Å²) in [6, 6.07) is 5.93. The van der Waals surface area contributed by atoms with Gasteiger partial charge in [-0.2, -0.15) is 0 Å². The number of aliphatic carboxylic acids is 1. The Bertz CT molecular complexity index is 756. The van der Waals surface area contributed by atoms with Gasteiger partial charge in [-0.3, -0.25) is 4.79 Å². The van der Waals surface area contributed by atoms with Crippen molar-refractivity contribution >= 4 is 35.1 Å². The van der Waals surface area contributed by atoms with Gasteiger partial charge in [0.15, 0.2) is 5.54 Å². The highest BCUT2D eigenvalue weighted by atomic mass is 35.5. The first kappa shape index (κ1) is 17.4. The zero-order valence-electron chi connectivity index (χ0n) is 12.5. The third-order valence-electron chi connectivity index (χ3n) is 3.60. The molecule has 122 valence electrons. The van der Waals surface area contributed by atoms with Crippen LogP contribution in [0.4, 0.5) is 0 Å². The van der Waals surface area contributed by atoms with Gasteiger partial charge in [0.1, 0.15) is 5.76 Å². The standard InChI is InChI=1S/C16H15Cl2NO4/c1-3-13-10(6-7-23-13)14(20)19-16(2,15(21)22)9-4-5-11(17)12(18)8-9/h4-8H,3H2,1-2H3,(H,19,20)(H,21,22). The molecule has 0 bridgehead atoms. The van der Waals surface area contributed by atoms with Crippen molar-refractivity contribution in [2.45, 2.75) is 25.8 Å². The van der Waals surface area contributed by atoms with Crippen LogP contribution in [0.25, 0.3) is 0 Å². The second-order valence-corrected chi connectivity index (χ2v) is 5.94. The van der Waals surface area contributed by atoms with Gasteiger partial charge in [-0.25, -0.2) is 4.79 Å². The van der Waals surface area contributed by atoms with E-state index in [9.17, 15) is 14.7 Å². The number of amides is 1. The van der Waals surface area contributed by atoms with E-state index in [0.717, 1.165) is 0 Å². The van der Waals surface area contributed by atoms with E-state index in [-0.39, 0.29) is 5.02 Å². The van der Waals surface area contributed by atoms with Crippen molar-refractivity contribution in [1.29, 1.82) is 0 Å². The molecule has 2 aromatic rings. The number of hydrogen-bond acceptors (Lipinski definition) is 3. The number of nitrogens with one attached hydrogen (secondary N) is 1. The fourth-order valence-corrected chi connectivity index (χ4v) is 2.47. The lowest BCUT2D eigenvalue weighted by Gasteiger charge is -2.27. The largest absolute Gasteiger partial charge is 0.479 e. The highest BCUT2D eigenvalue weighted by Crippen LogP contribution is 2.29. The Morgan fingerprint density at radius 1 is 1.26 bits per heavy atom. The van der Waals surface area contributed by atoms with Crippen LogP contribution < -0.4 is 5.32 Å². The molecule has 0 saturated carbocycles. The maximum Gasteiger partial charge on any atom is 0.333 e. The summed E-state index contributed by atoms with van der Waals surface area (Å²) in [5.41, 5.74) is -1.04. The van der Waals surface area contributed by atoms with E-state index in [4.69, 9.17) is 27.6 Å². The van der Waals surface area contributed by atoms with E-state index in [2.05, 4.69) is 5.32 Å². The van der Waals surface area contributed by atoms with E-state index >= 15 is 0 Å². The van der Waals surface area contributed by atoms with Gasteiger partial charge in [0.25, 0.3) is 5.91 Å². The van der Waals surface area contributed by atoms with Crippen molar-refractivity contribution in [3.05, 3.63) is 57.5 Å². The number of hydrogen-bond donors (Lipinski definition) is 2. The summed E-state index contributed by atoms with van der Waals surface area (Å²) in [4.78, 5) is 24.2. The van der Waals surface area contributed by atoms with Gasteiger partial charge < -0.3 is 14.8 Å². The lowest BCUT2D eigenvalue weighted by molar-refractivity contribution is -0.144. The average Bonchev–Trinajstić information content (AvgIpc) is 2.98. The summed E-state index contributed by atoms with van der Waals surface area (Å²) in [6.07, 6.45) is 1.91. The van der Waals surface area contributed by atoms with Gasteiger partial charge in [-0.15, -0.1) is 0 Å². The Labute approximate surface area is 143 Å². The third kappa shape index (κ3) is 3.35. The molecule has 0 aliphatic carbocycles. The highest BCUT2D eigenvalue weighted by Gasteiger charge is 2.38. The van der Waals surface area contributed by atoms with Gasteiger partial charge in [-0.1, -0.05) is 36.2 Å². The van der Waals surface area contributed by atoms with Crippen LogP contribution in [0.15, 0.2) is 34.9 Å². The predicted octanol–water partition coefficient (Wildman–Crippen LogP) is 3.88. The van der Waals surface area contributed by atoms with E-state index in [1.165, 1.54) is 37.5 Å². The normalized spacial score (nSPS) is 13.4. The van der Waals surface area contributed by atoms with Crippen molar-refractivity contribution in [3.8, 4) is 0 Å². The number of carboxylic acid groups (broad SMARTS) is 1. The number of rotatable bonds is 5. The minimum absolute atomic E-state index is 0.212. The quantitative estimate of drug-likeness (QED) is 0.852. The fourth-order valence-electron chi connectivity index (χ4n) is 2.17. The maximum absolute atomic E-state index is 12.4. The van der Waals surface area contributed by atoms with E-state index in [1.807, 2.05) is 6.92 Å². The van der Waals surface area contributed by atoms with E-state index in [1.54, 1.807) is 0 Å². The Morgan fingerprint density at radius 2 is 1.96 bits per heavy atom. The molecule has 5 nitrogen and oxygen atoms in total. The fraction of sp³-hybridized carbons (Fsp3) is 0.250. The topological polar surface area (TPSA) is 79.5 Å². The Morgan fingerprint density at radius 3 is 2.52 bits per heavy atom. The Balaban J connectivity index is 2.39. The van der Waals surface area contributed by atoms with Crippen LogP contribution in [0, 0.1) is 0 Å². The second-order valence-electron chi connectivity index (χ2n) is 5.12. The first-order valence-electron chi connectivity index (χ1n) is 6.87. The van der Waals surface area contributed by atoms with Crippen LogP contribution in [0.1, 0.15) is 35.5 Å². The predicted molar refractivity (Wildman–Crippen MR) is 87.0 cm³/mol. The lowest BCUT2D eigenvalue weighted by Crippen LogP contribution is -2.49. The van der Waals surface area contributed by atoms with Crippen LogP contribution in [0.2, 0.25) is 10.0 Å². The molecular formula is C16H15Cl2NO4. The average molecular weight is 356 g/mol. The van der Waals surface area contributed by atoms with Crippen LogP contribution in [-0.4, -0.2) is 17.0 Å². The second kappa shape index (κ2) is 6.64. The number of halogens is 2. The minimum atomic E-state index is -1.66. The summed E-state index contributed by atoms with van der Waals surface area (Å²) in [5, 5.41) is 12.7. The number of furan rings is 1. The SMILES string of the molecule is CCc1occc1C(=O)NC(C)(C(=O)O)c1ccc(Cl)c(Cl)c1. The van der Waals surface area contributed by atoms with Crippen LogP contribution >= 0.6 is 23.2 Å². The van der Waals surface area contributed by atoms with Gasteiger partial charge in [0.2, 0.25) is 0 Å². The molecule has 0 saturated heterocycles. The Kier molecular flexibility index (Phi) is 5.02. The molecule has 1 aromatic heterocycles. The van der Waals surface area contributed by atoms with Crippen molar-refractivity contribution < 1.29 is 19.1 Å². The molecule has 0 fully saturated rings. The van der Waals surface area contributed by atoms with Crippen molar-refractivity contribution in [2.24, 2.45) is 0 Å². The van der Waals surface area contributed by atoms with Crippen LogP contribution in [-0.2, 0) is 16.8 Å².